The standard InChI is InChI=1S/C12H26O3Si.C4H9N/c1-6-8-11-9-7-10-16(14-4,15-5)12(11,2)13-3;1-4-2-3-5-4/h11H,6-10H2,1-5H3;4-5H,2-3H2,1H3. The molecule has 0 aromatic rings. The van der Waals surface area contributed by atoms with Crippen molar-refractivity contribution in [3.8, 4) is 0 Å². The molecule has 21 heavy (non-hydrogen) atoms. The van der Waals surface area contributed by atoms with Crippen LogP contribution in [0, 0.1) is 5.92 Å². The first kappa shape index (κ1) is 19.1. The summed E-state index contributed by atoms with van der Waals surface area (Å²) in [5.41, 5.74) is 0. The molecule has 0 bridgehead atoms. The quantitative estimate of drug-likeness (QED) is 0.790. The lowest BCUT2D eigenvalue weighted by Gasteiger charge is -2.50. The normalized spacial score (nSPS) is 34.6. The molecular weight excluding hydrogens is 282 g/mol. The van der Waals surface area contributed by atoms with Gasteiger partial charge in [0.2, 0.25) is 0 Å². The molecule has 2 saturated heterocycles. The summed E-state index contributed by atoms with van der Waals surface area (Å²) >= 11 is 0. The topological polar surface area (TPSA) is 39.7 Å². The molecule has 2 heterocycles. The molecule has 3 atom stereocenters. The molecule has 0 aliphatic carbocycles. The summed E-state index contributed by atoms with van der Waals surface area (Å²) in [6.07, 6.45) is 6.21. The summed E-state index contributed by atoms with van der Waals surface area (Å²) < 4.78 is 17.5. The summed E-state index contributed by atoms with van der Waals surface area (Å²) in [6.45, 7) is 7.85. The van der Waals surface area contributed by atoms with Crippen LogP contribution in [-0.2, 0) is 13.6 Å². The number of hydrogen-bond acceptors (Lipinski definition) is 4. The summed E-state index contributed by atoms with van der Waals surface area (Å²) in [4.78, 5) is 0. The van der Waals surface area contributed by atoms with Gasteiger partial charge in [-0.15, -0.1) is 0 Å². The molecule has 0 spiro atoms. The third kappa shape index (κ3) is 4.08. The first-order valence-corrected chi connectivity index (χ1v) is 10.4. The van der Waals surface area contributed by atoms with Crippen LogP contribution in [0.2, 0.25) is 6.04 Å². The molecule has 4 nitrogen and oxygen atoms in total. The van der Waals surface area contributed by atoms with Gasteiger partial charge < -0.3 is 18.9 Å². The first-order chi connectivity index (χ1) is 9.99. The van der Waals surface area contributed by atoms with E-state index < -0.39 is 8.56 Å². The fourth-order valence-electron chi connectivity index (χ4n) is 3.63. The van der Waals surface area contributed by atoms with E-state index in [0.29, 0.717) is 5.92 Å². The van der Waals surface area contributed by atoms with Crippen LogP contribution < -0.4 is 5.32 Å². The minimum absolute atomic E-state index is 0.204. The average molecular weight is 318 g/mol. The van der Waals surface area contributed by atoms with Crippen molar-refractivity contribution in [2.45, 2.75) is 70.2 Å². The molecule has 126 valence electrons. The van der Waals surface area contributed by atoms with E-state index in [1.54, 1.807) is 21.3 Å². The van der Waals surface area contributed by atoms with Crippen LogP contribution in [0.5, 0.6) is 0 Å². The Kier molecular flexibility index (Phi) is 7.85. The van der Waals surface area contributed by atoms with Crippen molar-refractivity contribution in [1.82, 2.24) is 5.32 Å². The third-order valence-corrected chi connectivity index (χ3v) is 9.84. The highest BCUT2D eigenvalue weighted by molar-refractivity contribution is 6.70. The second kappa shape index (κ2) is 8.63. The molecule has 0 aromatic carbocycles. The summed E-state index contributed by atoms with van der Waals surface area (Å²) in [5, 5.41) is 3.00. The second-order valence-corrected chi connectivity index (χ2v) is 10.3. The van der Waals surface area contributed by atoms with Crippen LogP contribution in [0.15, 0.2) is 0 Å². The maximum atomic E-state index is 5.85. The van der Waals surface area contributed by atoms with Gasteiger partial charge >= 0.3 is 8.56 Å². The summed E-state index contributed by atoms with van der Waals surface area (Å²) in [6, 6.07) is 1.86. The van der Waals surface area contributed by atoms with Gasteiger partial charge in [0, 0.05) is 27.4 Å². The van der Waals surface area contributed by atoms with Crippen molar-refractivity contribution in [3.63, 3.8) is 0 Å². The zero-order valence-electron chi connectivity index (χ0n) is 14.8. The molecule has 5 heteroatoms. The molecule has 0 amide bonds. The van der Waals surface area contributed by atoms with Crippen LogP contribution in [-0.4, -0.2) is 47.7 Å². The van der Waals surface area contributed by atoms with Crippen molar-refractivity contribution in [3.05, 3.63) is 0 Å². The third-order valence-electron chi connectivity index (χ3n) is 5.38. The van der Waals surface area contributed by atoms with Gasteiger partial charge in [-0.3, -0.25) is 0 Å². The lowest BCUT2D eigenvalue weighted by atomic mass is 9.92. The molecule has 2 aliphatic heterocycles. The monoisotopic (exact) mass is 317 g/mol. The van der Waals surface area contributed by atoms with Crippen molar-refractivity contribution < 1.29 is 13.6 Å². The van der Waals surface area contributed by atoms with E-state index in [9.17, 15) is 0 Å². The Morgan fingerprint density at radius 1 is 1.19 bits per heavy atom. The first-order valence-electron chi connectivity index (χ1n) is 8.38. The molecule has 2 rings (SSSR count). The molecule has 0 radical (unpaired) electrons. The predicted octanol–water partition coefficient (Wildman–Crippen LogP) is 3.24. The van der Waals surface area contributed by atoms with E-state index in [1.165, 1.54) is 38.6 Å². The van der Waals surface area contributed by atoms with Crippen molar-refractivity contribution >= 4 is 8.56 Å². The van der Waals surface area contributed by atoms with Crippen molar-refractivity contribution in [1.29, 1.82) is 0 Å². The van der Waals surface area contributed by atoms with Gasteiger partial charge in [0.15, 0.2) is 0 Å². The van der Waals surface area contributed by atoms with Crippen LogP contribution >= 0.6 is 0 Å². The van der Waals surface area contributed by atoms with Crippen LogP contribution in [0.25, 0.3) is 0 Å². The predicted molar refractivity (Wildman–Crippen MR) is 89.7 cm³/mol. The second-order valence-electron chi connectivity index (χ2n) is 6.49. The van der Waals surface area contributed by atoms with Gasteiger partial charge in [-0.05, 0) is 51.6 Å². The molecule has 3 unspecified atom stereocenters. The molecule has 2 aliphatic rings. The average Bonchev–Trinajstić information content (AvgIpc) is 2.48. The van der Waals surface area contributed by atoms with E-state index in [0.717, 1.165) is 12.1 Å². The van der Waals surface area contributed by atoms with Crippen molar-refractivity contribution in [2.24, 2.45) is 5.92 Å². The number of ether oxygens (including phenoxy) is 1. The molecule has 0 aromatic heterocycles. The van der Waals surface area contributed by atoms with Gasteiger partial charge in [0.25, 0.3) is 0 Å². The highest BCUT2D eigenvalue weighted by Gasteiger charge is 2.60. The highest BCUT2D eigenvalue weighted by atomic mass is 28.4. The van der Waals surface area contributed by atoms with Gasteiger partial charge in [-0.1, -0.05) is 19.8 Å². The Balaban J connectivity index is 0.000000369. The van der Waals surface area contributed by atoms with Crippen LogP contribution in [0.4, 0.5) is 0 Å². The highest BCUT2D eigenvalue weighted by Crippen LogP contribution is 2.45. The van der Waals surface area contributed by atoms with Gasteiger partial charge in [-0.25, -0.2) is 0 Å². The molecule has 0 saturated carbocycles. The maximum absolute atomic E-state index is 5.85. The smallest absolute Gasteiger partial charge is 0.370 e. The molecular formula is C16H35NO3Si. The van der Waals surface area contributed by atoms with E-state index in [-0.39, 0.29) is 5.22 Å². The maximum Gasteiger partial charge on any atom is 0.370 e. The fraction of sp³-hybridized carbons (Fsp3) is 1.00. The number of methoxy groups -OCH3 is 1. The number of nitrogens with one attached hydrogen (secondary N) is 1. The van der Waals surface area contributed by atoms with Crippen LogP contribution in [0.3, 0.4) is 0 Å². The van der Waals surface area contributed by atoms with E-state index in [1.807, 2.05) is 0 Å². The zero-order chi connectivity index (χ0) is 15.9. The van der Waals surface area contributed by atoms with E-state index in [2.05, 4.69) is 26.1 Å². The van der Waals surface area contributed by atoms with Gasteiger partial charge in [0.05, 0.1) is 0 Å². The lowest BCUT2D eigenvalue weighted by Crippen LogP contribution is -2.66. The Bertz CT molecular complexity index is 293. The Morgan fingerprint density at radius 3 is 2.10 bits per heavy atom. The minimum Gasteiger partial charge on any atom is -0.396 e. The van der Waals surface area contributed by atoms with Gasteiger partial charge in [-0.2, -0.15) is 0 Å². The van der Waals surface area contributed by atoms with E-state index in [4.69, 9.17) is 13.6 Å². The lowest BCUT2D eigenvalue weighted by molar-refractivity contribution is -0.0373. The van der Waals surface area contributed by atoms with E-state index >= 15 is 0 Å². The number of rotatable bonds is 5. The Labute approximate surface area is 132 Å². The Hall–Kier alpha value is 0.0569. The summed E-state index contributed by atoms with van der Waals surface area (Å²) in [5.74, 6) is 0.572. The molecule has 2 fully saturated rings. The summed E-state index contributed by atoms with van der Waals surface area (Å²) in [7, 11) is 3.15. The fourth-order valence-corrected chi connectivity index (χ4v) is 7.41. The zero-order valence-corrected chi connectivity index (χ0v) is 15.8. The SMILES string of the molecule is CC1CCN1.CCCC1CCC[Si](OC)(OC)C1(C)OC. The van der Waals surface area contributed by atoms with Gasteiger partial charge in [0.1, 0.15) is 5.22 Å². The molecule has 1 N–H and O–H groups in total. The Morgan fingerprint density at radius 2 is 1.76 bits per heavy atom. The van der Waals surface area contributed by atoms with Crippen LogP contribution in [0.1, 0.15) is 52.9 Å². The number of hydrogen-bond donors (Lipinski definition) is 1. The largest absolute Gasteiger partial charge is 0.396 e. The van der Waals surface area contributed by atoms with Crippen molar-refractivity contribution in [2.75, 3.05) is 27.9 Å². The minimum atomic E-state index is -2.21.